The van der Waals surface area contributed by atoms with Crippen LogP contribution in [0.4, 0.5) is 11.8 Å². The SMILES string of the molecule is CCCCNc1nc(N)c2[nH]c(=O)n(Cc3cccc(CN4CCN(C)CC4)c3)c2n1. The number of nitrogens with zero attached hydrogens (tertiary/aromatic N) is 5. The zero-order valence-electron chi connectivity index (χ0n) is 18.4. The first-order valence-electron chi connectivity index (χ1n) is 11.0. The van der Waals surface area contributed by atoms with Crippen molar-refractivity contribution in [3.8, 4) is 0 Å². The monoisotopic (exact) mass is 424 g/mol. The van der Waals surface area contributed by atoms with Crippen LogP contribution in [0.2, 0.25) is 0 Å². The molecule has 166 valence electrons. The number of hydrogen-bond acceptors (Lipinski definition) is 7. The summed E-state index contributed by atoms with van der Waals surface area (Å²) in [4.78, 5) is 29.1. The number of aromatic amines is 1. The van der Waals surface area contributed by atoms with Gasteiger partial charge in [-0.3, -0.25) is 9.47 Å². The Hall–Kier alpha value is -2.91. The van der Waals surface area contributed by atoms with E-state index >= 15 is 0 Å². The second-order valence-corrected chi connectivity index (χ2v) is 8.33. The summed E-state index contributed by atoms with van der Waals surface area (Å²) in [6.07, 6.45) is 2.09. The lowest BCUT2D eigenvalue weighted by atomic mass is 10.1. The van der Waals surface area contributed by atoms with Crippen LogP contribution in [-0.2, 0) is 13.1 Å². The van der Waals surface area contributed by atoms with Crippen LogP contribution in [0.3, 0.4) is 0 Å². The number of unbranched alkanes of at least 4 members (excludes halogenated alkanes) is 1. The number of nitrogens with two attached hydrogens (primary N) is 1. The number of aromatic nitrogens is 4. The highest BCUT2D eigenvalue weighted by molar-refractivity contribution is 5.82. The molecule has 1 saturated heterocycles. The Labute approximate surface area is 182 Å². The van der Waals surface area contributed by atoms with E-state index in [0.29, 0.717) is 23.7 Å². The Morgan fingerprint density at radius 1 is 1.13 bits per heavy atom. The minimum absolute atomic E-state index is 0.230. The number of H-pyrrole nitrogens is 1. The zero-order valence-corrected chi connectivity index (χ0v) is 18.4. The van der Waals surface area contributed by atoms with Crippen LogP contribution in [0.15, 0.2) is 29.1 Å². The fourth-order valence-corrected chi connectivity index (χ4v) is 3.93. The standard InChI is InChI=1S/C22H32N8O/c1-3-4-8-24-21-26-19(23)18-20(27-21)30(22(31)25-18)15-17-7-5-6-16(13-17)14-29-11-9-28(2)10-12-29/h5-7,13H,3-4,8-12,14-15H2,1-2H3,(H,25,31)(H3,23,24,26,27). The number of rotatable bonds is 8. The predicted octanol–water partition coefficient (Wildman–Crippen LogP) is 1.71. The summed E-state index contributed by atoms with van der Waals surface area (Å²) >= 11 is 0. The number of nitrogen functional groups attached to an aromatic ring is 1. The molecular formula is C22H32N8O. The number of piperazine rings is 1. The van der Waals surface area contributed by atoms with E-state index in [2.05, 4.69) is 62.2 Å². The molecule has 0 unspecified atom stereocenters. The van der Waals surface area contributed by atoms with Crippen LogP contribution in [-0.4, -0.2) is 69.1 Å². The van der Waals surface area contributed by atoms with Gasteiger partial charge in [0.1, 0.15) is 5.52 Å². The Morgan fingerprint density at radius 2 is 1.87 bits per heavy atom. The van der Waals surface area contributed by atoms with Gasteiger partial charge in [-0.05, 0) is 24.6 Å². The zero-order chi connectivity index (χ0) is 21.8. The molecule has 9 heteroatoms. The van der Waals surface area contributed by atoms with Crippen LogP contribution in [0, 0.1) is 0 Å². The molecule has 0 spiro atoms. The summed E-state index contributed by atoms with van der Waals surface area (Å²) < 4.78 is 1.63. The average Bonchev–Trinajstić information content (AvgIpc) is 3.06. The number of imidazole rings is 1. The quantitative estimate of drug-likeness (QED) is 0.473. The van der Waals surface area contributed by atoms with E-state index in [1.807, 2.05) is 6.07 Å². The molecule has 0 bridgehead atoms. The minimum Gasteiger partial charge on any atom is -0.382 e. The lowest BCUT2D eigenvalue weighted by Crippen LogP contribution is -2.43. The minimum atomic E-state index is -0.230. The summed E-state index contributed by atoms with van der Waals surface area (Å²) in [5, 5.41) is 3.20. The molecule has 4 rings (SSSR count). The fourth-order valence-electron chi connectivity index (χ4n) is 3.93. The maximum absolute atomic E-state index is 12.7. The average molecular weight is 425 g/mol. The van der Waals surface area contributed by atoms with Gasteiger partial charge in [0, 0.05) is 39.3 Å². The van der Waals surface area contributed by atoms with E-state index in [9.17, 15) is 4.79 Å². The molecule has 1 aliphatic heterocycles. The normalized spacial score (nSPS) is 15.5. The van der Waals surface area contributed by atoms with Crippen molar-refractivity contribution in [2.24, 2.45) is 0 Å². The molecule has 1 fully saturated rings. The van der Waals surface area contributed by atoms with E-state index in [4.69, 9.17) is 5.73 Å². The highest BCUT2D eigenvalue weighted by atomic mass is 16.1. The van der Waals surface area contributed by atoms with Gasteiger partial charge in [-0.25, -0.2) is 4.79 Å². The van der Waals surface area contributed by atoms with Crippen molar-refractivity contribution in [2.45, 2.75) is 32.9 Å². The van der Waals surface area contributed by atoms with E-state index < -0.39 is 0 Å². The van der Waals surface area contributed by atoms with Crippen LogP contribution in [0.1, 0.15) is 30.9 Å². The van der Waals surface area contributed by atoms with Crippen molar-refractivity contribution in [1.82, 2.24) is 29.3 Å². The lowest BCUT2D eigenvalue weighted by Gasteiger charge is -2.32. The number of benzene rings is 1. The smallest absolute Gasteiger partial charge is 0.328 e. The van der Waals surface area contributed by atoms with E-state index in [1.165, 1.54) is 5.56 Å². The highest BCUT2D eigenvalue weighted by Gasteiger charge is 2.16. The van der Waals surface area contributed by atoms with Crippen molar-refractivity contribution in [3.05, 3.63) is 45.9 Å². The van der Waals surface area contributed by atoms with Crippen molar-refractivity contribution < 1.29 is 0 Å². The fraction of sp³-hybridized carbons (Fsp3) is 0.500. The molecule has 1 aliphatic rings. The van der Waals surface area contributed by atoms with Crippen LogP contribution in [0.25, 0.3) is 11.2 Å². The van der Waals surface area contributed by atoms with Gasteiger partial charge in [-0.15, -0.1) is 0 Å². The van der Waals surface area contributed by atoms with Crippen molar-refractivity contribution in [2.75, 3.05) is 50.8 Å². The molecule has 31 heavy (non-hydrogen) atoms. The topological polar surface area (TPSA) is 108 Å². The largest absolute Gasteiger partial charge is 0.382 e. The first-order valence-corrected chi connectivity index (χ1v) is 11.0. The molecule has 0 saturated carbocycles. The second kappa shape index (κ2) is 9.49. The second-order valence-electron chi connectivity index (χ2n) is 8.33. The van der Waals surface area contributed by atoms with E-state index in [1.54, 1.807) is 4.57 Å². The summed E-state index contributed by atoms with van der Waals surface area (Å²) in [6.45, 7) is 8.59. The Morgan fingerprint density at radius 3 is 2.61 bits per heavy atom. The van der Waals surface area contributed by atoms with Gasteiger partial charge in [0.15, 0.2) is 11.5 Å². The Kier molecular flexibility index (Phi) is 6.53. The number of fused-ring (bicyclic) bond motifs is 1. The highest BCUT2D eigenvalue weighted by Crippen LogP contribution is 2.18. The van der Waals surface area contributed by atoms with Gasteiger partial charge < -0.3 is 20.9 Å². The first kappa shape index (κ1) is 21.3. The molecule has 0 aliphatic carbocycles. The Bertz CT molecular complexity index is 1080. The van der Waals surface area contributed by atoms with Crippen molar-refractivity contribution in [3.63, 3.8) is 0 Å². The molecule has 1 aromatic carbocycles. The van der Waals surface area contributed by atoms with E-state index in [0.717, 1.165) is 57.7 Å². The third kappa shape index (κ3) is 5.05. The lowest BCUT2D eigenvalue weighted by molar-refractivity contribution is 0.148. The summed E-state index contributed by atoms with van der Waals surface area (Å²) in [5.74, 6) is 0.735. The van der Waals surface area contributed by atoms with Crippen molar-refractivity contribution >= 4 is 22.9 Å². The van der Waals surface area contributed by atoms with Crippen LogP contribution < -0.4 is 16.7 Å². The number of hydrogen-bond donors (Lipinski definition) is 3. The van der Waals surface area contributed by atoms with E-state index in [-0.39, 0.29) is 11.5 Å². The number of anilines is 2. The molecule has 3 aromatic rings. The molecule has 9 nitrogen and oxygen atoms in total. The summed E-state index contributed by atoms with van der Waals surface area (Å²) in [6, 6.07) is 8.43. The third-order valence-electron chi connectivity index (χ3n) is 5.80. The predicted molar refractivity (Wildman–Crippen MR) is 124 cm³/mol. The van der Waals surface area contributed by atoms with Gasteiger partial charge in [0.2, 0.25) is 5.95 Å². The summed E-state index contributed by atoms with van der Waals surface area (Å²) in [5.41, 5.74) is 9.19. The van der Waals surface area contributed by atoms with Gasteiger partial charge in [0.25, 0.3) is 0 Å². The van der Waals surface area contributed by atoms with Crippen LogP contribution >= 0.6 is 0 Å². The molecule has 0 radical (unpaired) electrons. The maximum atomic E-state index is 12.7. The van der Waals surface area contributed by atoms with Crippen LogP contribution in [0.5, 0.6) is 0 Å². The van der Waals surface area contributed by atoms with Crippen molar-refractivity contribution in [1.29, 1.82) is 0 Å². The molecular weight excluding hydrogens is 392 g/mol. The molecule has 0 amide bonds. The number of nitrogens with one attached hydrogen (secondary N) is 2. The molecule has 3 heterocycles. The maximum Gasteiger partial charge on any atom is 0.328 e. The first-order chi connectivity index (χ1) is 15.0. The van der Waals surface area contributed by atoms with Gasteiger partial charge in [-0.1, -0.05) is 37.6 Å². The summed E-state index contributed by atoms with van der Waals surface area (Å²) in [7, 11) is 2.16. The molecule has 4 N–H and O–H groups in total. The molecule has 2 aromatic heterocycles. The van der Waals surface area contributed by atoms with Gasteiger partial charge in [-0.2, -0.15) is 9.97 Å². The van der Waals surface area contributed by atoms with Gasteiger partial charge in [0.05, 0.1) is 6.54 Å². The third-order valence-corrected chi connectivity index (χ3v) is 5.80. The van der Waals surface area contributed by atoms with Gasteiger partial charge >= 0.3 is 5.69 Å². The number of likely N-dealkylation sites (N-methyl/N-ethyl adjacent to an activating group) is 1. The molecule has 0 atom stereocenters. The Balaban J connectivity index is 1.55.